The quantitative estimate of drug-likeness (QED) is 0.422. The van der Waals surface area contributed by atoms with Crippen LogP contribution in [0.1, 0.15) is 5.69 Å². The molecule has 37 heavy (non-hydrogen) atoms. The lowest BCUT2D eigenvalue weighted by atomic mass is 9.95. The van der Waals surface area contributed by atoms with Gasteiger partial charge in [0.15, 0.2) is 0 Å². The standard InChI is InChI=1S/C25H21BrFN7O3/c26-8-23(35)32-12-19-20(13-32)25(19,14-28)22-4-1-15(9-29-22)18-3-2-16(7-21(18)27)34-11-17(37-24(34)36)10-33-6-5-30-31-33/h1-7,9,17,19-20H,8,10-13H2/t17-,19?,20?,25?/m0/s1. The van der Waals surface area contributed by atoms with E-state index < -0.39 is 23.4 Å². The molecule has 6 rings (SSSR count). The van der Waals surface area contributed by atoms with E-state index >= 15 is 4.39 Å². The van der Waals surface area contributed by atoms with Gasteiger partial charge >= 0.3 is 6.09 Å². The molecule has 0 bridgehead atoms. The largest absolute Gasteiger partial charge is 0.442 e. The molecule has 3 aromatic rings. The number of cyclic esters (lactones) is 1. The van der Waals surface area contributed by atoms with E-state index in [1.807, 2.05) is 0 Å². The lowest BCUT2D eigenvalue weighted by Crippen LogP contribution is -2.35. The summed E-state index contributed by atoms with van der Waals surface area (Å²) >= 11 is 3.20. The molecule has 3 atom stereocenters. The van der Waals surface area contributed by atoms with Crippen LogP contribution >= 0.6 is 15.9 Å². The minimum atomic E-state index is -0.705. The van der Waals surface area contributed by atoms with Gasteiger partial charge in [-0.25, -0.2) is 13.9 Å². The van der Waals surface area contributed by atoms with Gasteiger partial charge in [-0.1, -0.05) is 27.2 Å². The monoisotopic (exact) mass is 565 g/mol. The molecular formula is C25H21BrFN7O3. The molecule has 0 radical (unpaired) electrons. The molecule has 1 saturated carbocycles. The van der Waals surface area contributed by atoms with Crippen molar-refractivity contribution in [2.75, 3.05) is 29.9 Å². The number of nitrogens with zero attached hydrogens (tertiary/aromatic N) is 7. The van der Waals surface area contributed by atoms with Crippen LogP contribution in [0.15, 0.2) is 48.9 Å². The van der Waals surface area contributed by atoms with Crippen LogP contribution in [0, 0.1) is 29.0 Å². The minimum Gasteiger partial charge on any atom is -0.442 e. The van der Waals surface area contributed by atoms with Crippen molar-refractivity contribution in [1.82, 2.24) is 24.9 Å². The first kappa shape index (κ1) is 23.5. The van der Waals surface area contributed by atoms with E-state index in [1.165, 1.54) is 11.0 Å². The Kier molecular flexibility index (Phi) is 5.67. The molecular weight excluding hydrogens is 545 g/mol. The second-order valence-corrected chi connectivity index (χ2v) is 10.0. The number of aromatic nitrogens is 4. The normalized spacial score (nSPS) is 26.1. The number of ether oxygens (including phenoxy) is 1. The molecule has 1 aliphatic carbocycles. The number of hydrogen-bond donors (Lipinski definition) is 0. The molecule has 12 heteroatoms. The fourth-order valence-corrected chi connectivity index (χ4v) is 5.95. The molecule has 188 valence electrons. The van der Waals surface area contributed by atoms with Gasteiger partial charge in [-0.05, 0) is 24.3 Å². The summed E-state index contributed by atoms with van der Waals surface area (Å²) < 4.78 is 22.1. The highest BCUT2D eigenvalue weighted by Crippen LogP contribution is 2.62. The van der Waals surface area contributed by atoms with Gasteiger partial charge in [0.05, 0.1) is 42.1 Å². The van der Waals surface area contributed by atoms with Crippen molar-refractivity contribution >= 4 is 33.6 Å². The lowest BCUT2D eigenvalue weighted by molar-refractivity contribution is -0.127. The Morgan fingerprint density at radius 1 is 1.24 bits per heavy atom. The van der Waals surface area contributed by atoms with E-state index in [-0.39, 0.29) is 29.6 Å². The van der Waals surface area contributed by atoms with E-state index in [2.05, 4.69) is 37.3 Å². The molecule has 0 N–H and O–H groups in total. The Balaban J connectivity index is 1.16. The third kappa shape index (κ3) is 3.85. The van der Waals surface area contributed by atoms with E-state index in [1.54, 1.807) is 52.4 Å². The Hall–Kier alpha value is -3.85. The second-order valence-electron chi connectivity index (χ2n) is 9.46. The number of rotatable bonds is 6. The maximum Gasteiger partial charge on any atom is 0.414 e. The maximum atomic E-state index is 15.1. The number of hydrogen-bond acceptors (Lipinski definition) is 7. The van der Waals surface area contributed by atoms with Crippen LogP contribution < -0.4 is 4.90 Å². The molecule has 2 amide bonds. The number of nitriles is 1. The Morgan fingerprint density at radius 2 is 2.05 bits per heavy atom. The van der Waals surface area contributed by atoms with Crippen molar-refractivity contribution in [1.29, 1.82) is 5.26 Å². The average molecular weight is 566 g/mol. The van der Waals surface area contributed by atoms with Crippen LogP contribution in [0.3, 0.4) is 0 Å². The number of likely N-dealkylation sites (tertiary alicyclic amines) is 1. The highest BCUT2D eigenvalue weighted by molar-refractivity contribution is 9.09. The van der Waals surface area contributed by atoms with Crippen LogP contribution in [-0.2, 0) is 21.5 Å². The summed E-state index contributed by atoms with van der Waals surface area (Å²) in [7, 11) is 0. The fourth-order valence-electron chi connectivity index (χ4n) is 5.59. The van der Waals surface area contributed by atoms with Crippen molar-refractivity contribution in [2.24, 2.45) is 11.8 Å². The Labute approximate surface area is 219 Å². The molecule has 3 fully saturated rings. The van der Waals surface area contributed by atoms with Crippen LogP contribution in [0.25, 0.3) is 11.1 Å². The summed E-state index contributed by atoms with van der Waals surface area (Å²) in [6.45, 7) is 1.71. The summed E-state index contributed by atoms with van der Waals surface area (Å²) in [5, 5.41) is 17.8. The summed E-state index contributed by atoms with van der Waals surface area (Å²) in [5.41, 5.74) is 1.24. The molecule has 2 aliphatic heterocycles. The summed E-state index contributed by atoms with van der Waals surface area (Å²) in [4.78, 5) is 32.0. The molecule has 0 spiro atoms. The number of benzene rings is 1. The van der Waals surface area contributed by atoms with Gasteiger partial charge < -0.3 is 9.64 Å². The molecule has 2 aromatic heterocycles. The van der Waals surface area contributed by atoms with Crippen molar-refractivity contribution in [3.05, 3.63) is 60.4 Å². The van der Waals surface area contributed by atoms with Gasteiger partial charge in [0.25, 0.3) is 0 Å². The lowest BCUT2D eigenvalue weighted by Gasteiger charge is -2.22. The smallest absolute Gasteiger partial charge is 0.414 e. The number of amides is 2. The summed E-state index contributed by atoms with van der Waals surface area (Å²) in [5.74, 6) is -0.358. The molecule has 2 saturated heterocycles. The SMILES string of the molecule is N#CC1(c2ccc(-c3ccc(N4C[C@H](Cn5ccnn5)OC4=O)cc3F)cn2)C2CN(C(=O)CBr)CC21. The zero-order valence-electron chi connectivity index (χ0n) is 19.5. The molecule has 4 heterocycles. The van der Waals surface area contributed by atoms with Crippen LogP contribution in [0.2, 0.25) is 0 Å². The number of alkyl halides is 1. The first-order valence-corrected chi connectivity index (χ1v) is 12.9. The van der Waals surface area contributed by atoms with Gasteiger partial charge in [-0.15, -0.1) is 5.10 Å². The van der Waals surface area contributed by atoms with Crippen LogP contribution in [0.5, 0.6) is 0 Å². The third-order valence-electron chi connectivity index (χ3n) is 7.53. The topological polar surface area (TPSA) is 117 Å². The van der Waals surface area contributed by atoms with Crippen LogP contribution in [0.4, 0.5) is 14.9 Å². The van der Waals surface area contributed by atoms with Gasteiger partial charge in [0.1, 0.15) is 17.3 Å². The second kappa shape index (κ2) is 8.92. The summed E-state index contributed by atoms with van der Waals surface area (Å²) in [6, 6.07) is 10.5. The van der Waals surface area contributed by atoms with Gasteiger partial charge in [0.2, 0.25) is 5.91 Å². The predicted octanol–water partition coefficient (Wildman–Crippen LogP) is 2.75. The molecule has 2 unspecified atom stereocenters. The molecule has 1 aromatic carbocycles. The van der Waals surface area contributed by atoms with Crippen LogP contribution in [-0.4, -0.2) is 67.9 Å². The van der Waals surface area contributed by atoms with Gasteiger partial charge in [-0.2, -0.15) is 5.26 Å². The minimum absolute atomic E-state index is 0.0224. The van der Waals surface area contributed by atoms with Crippen molar-refractivity contribution in [2.45, 2.75) is 18.1 Å². The highest BCUT2D eigenvalue weighted by atomic mass is 79.9. The van der Waals surface area contributed by atoms with Gasteiger partial charge in [0, 0.05) is 48.4 Å². The predicted molar refractivity (Wildman–Crippen MR) is 132 cm³/mol. The first-order valence-electron chi connectivity index (χ1n) is 11.8. The number of fused-ring (bicyclic) bond motifs is 1. The fraction of sp³-hybridized carbons (Fsp3) is 0.360. The number of halogens is 2. The summed E-state index contributed by atoms with van der Waals surface area (Å²) in [6.07, 6.45) is 3.82. The van der Waals surface area contributed by atoms with Crippen molar-refractivity contribution in [3.63, 3.8) is 0 Å². The van der Waals surface area contributed by atoms with Gasteiger partial charge in [-0.3, -0.25) is 14.7 Å². The number of carbonyl (C=O) groups excluding carboxylic acids is 2. The molecule has 10 nitrogen and oxygen atoms in total. The van der Waals surface area contributed by atoms with E-state index in [0.29, 0.717) is 42.1 Å². The maximum absolute atomic E-state index is 15.1. The number of piperidine rings is 1. The van der Waals surface area contributed by atoms with Crippen molar-refractivity contribution in [3.8, 4) is 17.2 Å². The number of pyridine rings is 1. The van der Waals surface area contributed by atoms with E-state index in [9.17, 15) is 14.9 Å². The highest BCUT2D eigenvalue weighted by Gasteiger charge is 2.71. The average Bonchev–Trinajstić information content (AvgIpc) is 3.41. The molecule has 3 aliphatic rings. The van der Waals surface area contributed by atoms with E-state index in [0.717, 1.165) is 0 Å². The number of anilines is 1. The zero-order valence-corrected chi connectivity index (χ0v) is 21.1. The third-order valence-corrected chi connectivity index (χ3v) is 8.01. The Morgan fingerprint density at radius 3 is 2.68 bits per heavy atom. The Bertz CT molecular complexity index is 1400. The first-order chi connectivity index (χ1) is 17.9. The number of carbonyl (C=O) groups is 2. The van der Waals surface area contributed by atoms with Crippen molar-refractivity contribution < 1.29 is 18.7 Å². The zero-order chi connectivity index (χ0) is 25.7. The van der Waals surface area contributed by atoms with E-state index in [4.69, 9.17) is 4.74 Å².